The molecule has 0 aromatic heterocycles. The van der Waals surface area contributed by atoms with Crippen LogP contribution in [0.15, 0.2) is 23.1 Å². The Labute approximate surface area is 107 Å². The summed E-state index contributed by atoms with van der Waals surface area (Å²) in [7, 11) is 1.76. The van der Waals surface area contributed by atoms with Gasteiger partial charge in [0.05, 0.1) is 0 Å². The maximum atomic E-state index is 11.4. The molecule has 1 rings (SSSR count). The van der Waals surface area contributed by atoms with E-state index in [0.29, 0.717) is 5.75 Å². The molecule has 17 heavy (non-hydrogen) atoms. The van der Waals surface area contributed by atoms with Crippen LogP contribution in [0.2, 0.25) is 0 Å². The third kappa shape index (κ3) is 3.48. The second-order valence-corrected chi connectivity index (χ2v) is 5.52. The molecule has 3 N–H and O–H groups in total. The monoisotopic (exact) mass is 252 g/mol. The summed E-state index contributed by atoms with van der Waals surface area (Å²) in [5.74, 6) is 0.307. The average molecular weight is 252 g/mol. The zero-order chi connectivity index (χ0) is 13.1. The van der Waals surface area contributed by atoms with E-state index in [9.17, 15) is 4.79 Å². The first-order valence-electron chi connectivity index (χ1n) is 5.58. The molecule has 0 saturated heterocycles. The predicted octanol–water partition coefficient (Wildman–Crippen LogP) is 1.86. The molecule has 1 amide bonds. The van der Waals surface area contributed by atoms with Gasteiger partial charge < -0.3 is 11.1 Å². The Morgan fingerprint density at radius 2 is 2.12 bits per heavy atom. The molecule has 0 heterocycles. The van der Waals surface area contributed by atoms with Crippen LogP contribution in [0.1, 0.15) is 18.1 Å². The average Bonchev–Trinajstić information content (AvgIpc) is 2.29. The van der Waals surface area contributed by atoms with Gasteiger partial charge in [0.1, 0.15) is 5.54 Å². The van der Waals surface area contributed by atoms with Gasteiger partial charge in [0, 0.05) is 10.6 Å². The van der Waals surface area contributed by atoms with E-state index >= 15 is 0 Å². The number of carbonyl (C=O) groups is 1. The highest BCUT2D eigenvalue weighted by Gasteiger charge is 2.29. The summed E-state index contributed by atoms with van der Waals surface area (Å²) >= 11 is 1.66. The highest BCUT2D eigenvalue weighted by atomic mass is 32.2. The molecular weight excluding hydrogens is 232 g/mol. The Balaban J connectivity index is 2.79. The van der Waals surface area contributed by atoms with E-state index < -0.39 is 5.54 Å². The third-order valence-corrected chi connectivity index (χ3v) is 4.43. The lowest BCUT2D eigenvalue weighted by Crippen LogP contribution is -2.53. The van der Waals surface area contributed by atoms with E-state index in [0.717, 1.165) is 0 Å². The molecule has 0 aliphatic carbocycles. The van der Waals surface area contributed by atoms with Crippen LogP contribution in [0, 0.1) is 13.8 Å². The summed E-state index contributed by atoms with van der Waals surface area (Å²) in [6, 6.07) is 6.32. The van der Waals surface area contributed by atoms with Crippen LogP contribution >= 0.6 is 11.8 Å². The number of rotatable bonds is 5. The van der Waals surface area contributed by atoms with Gasteiger partial charge in [-0.25, -0.2) is 0 Å². The van der Waals surface area contributed by atoms with E-state index in [2.05, 4.69) is 37.4 Å². The summed E-state index contributed by atoms with van der Waals surface area (Å²) in [6.07, 6.45) is 0. The van der Waals surface area contributed by atoms with Gasteiger partial charge in [0.15, 0.2) is 0 Å². The maximum absolute atomic E-state index is 11.4. The molecule has 1 unspecified atom stereocenters. The molecule has 1 aromatic carbocycles. The summed E-state index contributed by atoms with van der Waals surface area (Å²) in [5, 5.41) is 2.99. The van der Waals surface area contributed by atoms with Crippen molar-refractivity contribution in [2.45, 2.75) is 31.2 Å². The SMILES string of the molecule is CNC(C)(CSc1cc(C)ccc1C)C(N)=O. The van der Waals surface area contributed by atoms with Crippen molar-refractivity contribution < 1.29 is 4.79 Å². The molecule has 4 heteroatoms. The first-order valence-corrected chi connectivity index (χ1v) is 6.56. The zero-order valence-corrected chi connectivity index (χ0v) is 11.6. The first kappa shape index (κ1) is 14.1. The minimum absolute atomic E-state index is 0.321. The molecule has 0 radical (unpaired) electrons. The van der Waals surface area contributed by atoms with Crippen LogP contribution < -0.4 is 11.1 Å². The number of likely N-dealkylation sites (N-methyl/N-ethyl adjacent to an activating group) is 1. The van der Waals surface area contributed by atoms with E-state index in [1.807, 2.05) is 6.92 Å². The molecule has 1 aromatic rings. The summed E-state index contributed by atoms with van der Waals surface area (Å²) in [5.41, 5.74) is 7.18. The van der Waals surface area contributed by atoms with Gasteiger partial charge in [-0.1, -0.05) is 17.7 Å². The standard InChI is InChI=1S/C13H20N2OS/c1-9-5-6-10(2)11(7-9)17-8-13(3,15-4)12(14)16/h5-7,15H,8H2,1-4H3,(H2,14,16). The van der Waals surface area contributed by atoms with Crippen molar-refractivity contribution in [1.29, 1.82) is 0 Å². The molecule has 94 valence electrons. The lowest BCUT2D eigenvalue weighted by atomic mass is 10.1. The molecule has 0 spiro atoms. The fraction of sp³-hybridized carbons (Fsp3) is 0.462. The normalized spacial score (nSPS) is 14.4. The lowest BCUT2D eigenvalue weighted by Gasteiger charge is -2.25. The van der Waals surface area contributed by atoms with Crippen molar-refractivity contribution >= 4 is 17.7 Å². The Morgan fingerprint density at radius 1 is 1.47 bits per heavy atom. The Morgan fingerprint density at radius 3 is 2.65 bits per heavy atom. The van der Waals surface area contributed by atoms with Gasteiger partial charge in [0.25, 0.3) is 0 Å². The highest BCUT2D eigenvalue weighted by Crippen LogP contribution is 2.26. The highest BCUT2D eigenvalue weighted by molar-refractivity contribution is 7.99. The van der Waals surface area contributed by atoms with E-state index in [1.165, 1.54) is 16.0 Å². The quantitative estimate of drug-likeness (QED) is 0.786. The number of hydrogen-bond acceptors (Lipinski definition) is 3. The zero-order valence-electron chi connectivity index (χ0n) is 10.8. The van der Waals surface area contributed by atoms with Crippen LogP contribution in [0.25, 0.3) is 0 Å². The van der Waals surface area contributed by atoms with Crippen LogP contribution in [0.4, 0.5) is 0 Å². The molecular formula is C13H20N2OS. The van der Waals surface area contributed by atoms with E-state index in [1.54, 1.807) is 18.8 Å². The van der Waals surface area contributed by atoms with Gasteiger partial charge in [0.2, 0.25) is 5.91 Å². The number of nitrogens with two attached hydrogens (primary N) is 1. The number of hydrogen-bond donors (Lipinski definition) is 2. The minimum atomic E-state index is -0.666. The largest absolute Gasteiger partial charge is 0.368 e. The molecule has 0 aliphatic heterocycles. The van der Waals surface area contributed by atoms with E-state index in [-0.39, 0.29) is 5.91 Å². The van der Waals surface area contributed by atoms with Crippen LogP contribution in [-0.2, 0) is 4.79 Å². The van der Waals surface area contributed by atoms with Gasteiger partial charge in [-0.15, -0.1) is 11.8 Å². The van der Waals surface area contributed by atoms with Gasteiger partial charge >= 0.3 is 0 Å². The topological polar surface area (TPSA) is 55.1 Å². The Kier molecular flexibility index (Phi) is 4.60. The fourth-order valence-electron chi connectivity index (χ4n) is 1.35. The molecule has 3 nitrogen and oxygen atoms in total. The van der Waals surface area contributed by atoms with Crippen LogP contribution in [0.5, 0.6) is 0 Å². The predicted molar refractivity (Wildman–Crippen MR) is 73.3 cm³/mol. The molecule has 0 bridgehead atoms. The molecule has 1 atom stereocenters. The number of carbonyl (C=O) groups excluding carboxylic acids is 1. The number of primary amides is 1. The van der Waals surface area contributed by atoms with Crippen molar-refractivity contribution in [2.24, 2.45) is 5.73 Å². The van der Waals surface area contributed by atoms with Crippen molar-refractivity contribution in [3.05, 3.63) is 29.3 Å². The second kappa shape index (κ2) is 5.56. The fourth-order valence-corrected chi connectivity index (χ4v) is 2.65. The third-order valence-electron chi connectivity index (χ3n) is 2.96. The number of nitrogens with one attached hydrogen (secondary N) is 1. The van der Waals surface area contributed by atoms with Crippen molar-refractivity contribution in [2.75, 3.05) is 12.8 Å². The first-order chi connectivity index (χ1) is 7.89. The number of thioether (sulfide) groups is 1. The number of amides is 1. The summed E-state index contributed by atoms with van der Waals surface area (Å²) in [6.45, 7) is 5.96. The van der Waals surface area contributed by atoms with Gasteiger partial charge in [-0.3, -0.25) is 4.79 Å². The van der Waals surface area contributed by atoms with Crippen molar-refractivity contribution in [3.63, 3.8) is 0 Å². The Hall–Kier alpha value is -1.00. The number of benzene rings is 1. The smallest absolute Gasteiger partial charge is 0.238 e. The molecule has 0 saturated carbocycles. The van der Waals surface area contributed by atoms with Crippen molar-refractivity contribution in [3.8, 4) is 0 Å². The summed E-state index contributed by atoms with van der Waals surface area (Å²) in [4.78, 5) is 12.6. The lowest BCUT2D eigenvalue weighted by molar-refractivity contribution is -0.122. The number of aryl methyl sites for hydroxylation is 2. The Bertz CT molecular complexity index is 420. The molecule has 0 fully saturated rings. The molecule has 0 aliphatic rings. The minimum Gasteiger partial charge on any atom is -0.368 e. The van der Waals surface area contributed by atoms with Crippen molar-refractivity contribution in [1.82, 2.24) is 5.32 Å². The second-order valence-electron chi connectivity index (χ2n) is 4.50. The maximum Gasteiger partial charge on any atom is 0.238 e. The van der Waals surface area contributed by atoms with Crippen LogP contribution in [-0.4, -0.2) is 24.2 Å². The van der Waals surface area contributed by atoms with Gasteiger partial charge in [-0.2, -0.15) is 0 Å². The summed E-state index contributed by atoms with van der Waals surface area (Å²) < 4.78 is 0. The van der Waals surface area contributed by atoms with E-state index in [4.69, 9.17) is 5.73 Å². The van der Waals surface area contributed by atoms with Crippen LogP contribution in [0.3, 0.4) is 0 Å². The van der Waals surface area contributed by atoms with Gasteiger partial charge in [-0.05, 0) is 39.4 Å².